The summed E-state index contributed by atoms with van der Waals surface area (Å²) in [4.78, 5) is 0. The maximum Gasteiger partial charge on any atom is 0.0816 e. The first-order valence-corrected chi connectivity index (χ1v) is 11.0. The van der Waals surface area contributed by atoms with E-state index in [1.165, 1.54) is 33.4 Å². The van der Waals surface area contributed by atoms with E-state index >= 15 is 0 Å². The first-order chi connectivity index (χ1) is 9.25. The summed E-state index contributed by atoms with van der Waals surface area (Å²) < 4.78 is -0.344. The molecule has 0 radical (unpaired) electrons. The summed E-state index contributed by atoms with van der Waals surface area (Å²) >= 11 is 16.0. The van der Waals surface area contributed by atoms with Gasteiger partial charge in [-0.3, -0.25) is 0 Å². The summed E-state index contributed by atoms with van der Waals surface area (Å²) in [6.45, 7) is 6.38. The van der Waals surface area contributed by atoms with Crippen molar-refractivity contribution >= 4 is 40.2 Å². The van der Waals surface area contributed by atoms with Gasteiger partial charge in [-0.05, 0) is 71.6 Å². The maximum absolute atomic E-state index is 5.66. The molecule has 0 aliphatic heterocycles. The minimum absolute atomic E-state index is 0.344. The Kier molecular flexibility index (Phi) is 3.29. The van der Waals surface area contributed by atoms with Gasteiger partial charge >= 0.3 is 0 Å². The zero-order valence-electron chi connectivity index (χ0n) is 11.6. The van der Waals surface area contributed by atoms with Crippen molar-refractivity contribution in [2.45, 2.75) is 25.5 Å². The number of thiol groups is 1. The molecule has 2 aromatic rings. The van der Waals surface area contributed by atoms with E-state index in [1.54, 1.807) is 0 Å². The van der Waals surface area contributed by atoms with E-state index in [1.807, 2.05) is 0 Å². The number of rotatable bonds is 1. The first kappa shape index (κ1) is 14.5. The normalized spacial score (nSPS) is 15.8. The van der Waals surface area contributed by atoms with Gasteiger partial charge in [0.15, 0.2) is 0 Å². The van der Waals surface area contributed by atoms with Crippen molar-refractivity contribution in [1.82, 2.24) is 0 Å². The number of fused-ring (bicyclic) bond motifs is 3. The fourth-order valence-corrected chi connectivity index (χ4v) is 5.56. The highest BCUT2D eigenvalue weighted by Crippen LogP contribution is 2.53. The smallest absolute Gasteiger partial charge is 0.0816 e. The summed E-state index contributed by atoms with van der Waals surface area (Å²) in [5.41, 5.74) is 7.48. The fraction of sp³-hybridized carbons (Fsp3) is 0.250. The standard InChI is InChI=1S/C16H16S4/c1-10-4-6-12-13-7-5-11(2)9-15(13)16(3,14(12)8-10)20(17,18)19/h4-9H,1-3H3,(H,17,18,19). The third-order valence-corrected chi connectivity index (χ3v) is 8.75. The molecule has 2 aromatic carbocycles. The van der Waals surface area contributed by atoms with Crippen molar-refractivity contribution in [2.24, 2.45) is 0 Å². The molecule has 0 nitrogen and oxygen atoms in total. The minimum atomic E-state index is -1.90. The molecule has 0 heterocycles. The number of hydrogen-bond donors (Lipinski definition) is 1. The average molecular weight is 337 g/mol. The van der Waals surface area contributed by atoms with Gasteiger partial charge in [-0.2, -0.15) is 0 Å². The van der Waals surface area contributed by atoms with Gasteiger partial charge in [0.1, 0.15) is 0 Å². The lowest BCUT2D eigenvalue weighted by Gasteiger charge is -2.30. The largest absolute Gasteiger partial charge is 0.102 e. The van der Waals surface area contributed by atoms with Gasteiger partial charge in [-0.15, -0.1) is 11.7 Å². The Bertz CT molecular complexity index is 765. The van der Waals surface area contributed by atoms with Crippen LogP contribution >= 0.6 is 11.7 Å². The molecular formula is C16H16S4. The van der Waals surface area contributed by atoms with Crippen LogP contribution in [-0.4, -0.2) is 0 Å². The van der Waals surface area contributed by atoms with Crippen LogP contribution in [-0.2, 0) is 33.3 Å². The number of aryl methyl sites for hydroxylation is 2. The van der Waals surface area contributed by atoms with Crippen LogP contribution in [0.25, 0.3) is 11.1 Å². The van der Waals surface area contributed by atoms with Gasteiger partial charge in [0.05, 0.1) is 4.75 Å². The van der Waals surface area contributed by atoms with Crippen LogP contribution in [0.4, 0.5) is 0 Å². The van der Waals surface area contributed by atoms with Crippen LogP contribution in [0.3, 0.4) is 0 Å². The lowest BCUT2D eigenvalue weighted by atomic mass is 9.96. The fourth-order valence-electron chi connectivity index (χ4n) is 3.00. The predicted octanol–water partition coefficient (Wildman–Crippen LogP) is 4.47. The predicted molar refractivity (Wildman–Crippen MR) is 98.9 cm³/mol. The van der Waals surface area contributed by atoms with Crippen molar-refractivity contribution in [3.63, 3.8) is 0 Å². The van der Waals surface area contributed by atoms with Gasteiger partial charge in [0.25, 0.3) is 0 Å². The van der Waals surface area contributed by atoms with Crippen molar-refractivity contribution in [3.05, 3.63) is 58.7 Å². The molecule has 0 unspecified atom stereocenters. The Hall–Kier alpha value is -0.420. The number of benzene rings is 2. The van der Waals surface area contributed by atoms with Gasteiger partial charge in [0.2, 0.25) is 0 Å². The first-order valence-electron chi connectivity index (χ1n) is 6.45. The molecule has 0 saturated carbocycles. The molecule has 0 atom stereocenters. The average Bonchev–Trinajstić information content (AvgIpc) is 2.60. The lowest BCUT2D eigenvalue weighted by Crippen LogP contribution is -2.26. The Labute approximate surface area is 135 Å². The Morgan fingerprint density at radius 1 is 0.900 bits per heavy atom. The molecule has 104 valence electrons. The molecule has 0 amide bonds. The van der Waals surface area contributed by atoms with Crippen LogP contribution in [0.1, 0.15) is 29.2 Å². The van der Waals surface area contributed by atoms with E-state index < -0.39 is 6.18 Å². The van der Waals surface area contributed by atoms with Crippen LogP contribution in [0.2, 0.25) is 0 Å². The summed E-state index contributed by atoms with van der Waals surface area (Å²) in [5, 5.41) is 0. The second-order valence-electron chi connectivity index (χ2n) is 5.61. The number of hydrogen-bond acceptors (Lipinski definition) is 2. The molecule has 20 heavy (non-hydrogen) atoms. The maximum atomic E-state index is 5.66. The summed E-state index contributed by atoms with van der Waals surface area (Å²) in [6.07, 6.45) is -1.90. The van der Waals surface area contributed by atoms with Crippen molar-refractivity contribution < 1.29 is 0 Å². The van der Waals surface area contributed by atoms with Gasteiger partial charge in [-0.25, -0.2) is 0 Å². The molecule has 0 N–H and O–H groups in total. The van der Waals surface area contributed by atoms with Gasteiger partial charge in [-0.1, -0.05) is 47.5 Å². The second-order valence-corrected chi connectivity index (χ2v) is 14.1. The van der Waals surface area contributed by atoms with E-state index in [4.69, 9.17) is 22.4 Å². The minimum Gasteiger partial charge on any atom is -0.102 e. The van der Waals surface area contributed by atoms with Crippen LogP contribution in [0, 0.1) is 13.8 Å². The van der Waals surface area contributed by atoms with E-state index in [0.717, 1.165) is 0 Å². The van der Waals surface area contributed by atoms with E-state index in [0.29, 0.717) is 0 Å². The molecule has 1 aliphatic carbocycles. The summed E-state index contributed by atoms with van der Waals surface area (Å²) in [6, 6.07) is 13.1. The molecule has 4 heteroatoms. The van der Waals surface area contributed by atoms with Gasteiger partial charge < -0.3 is 0 Å². The highest BCUT2D eigenvalue weighted by atomic mass is 33.5. The highest BCUT2D eigenvalue weighted by Gasteiger charge is 2.43. The van der Waals surface area contributed by atoms with E-state index in [-0.39, 0.29) is 4.75 Å². The Morgan fingerprint density at radius 3 is 1.65 bits per heavy atom. The molecule has 0 spiro atoms. The molecule has 0 bridgehead atoms. The molecule has 0 saturated heterocycles. The quantitative estimate of drug-likeness (QED) is 0.603. The summed E-state index contributed by atoms with van der Waals surface area (Å²) in [5.74, 6) is 0. The molecule has 1 aliphatic rings. The molecule has 0 fully saturated rings. The summed E-state index contributed by atoms with van der Waals surface area (Å²) in [7, 11) is 0. The third kappa shape index (κ3) is 1.89. The second kappa shape index (κ2) is 4.54. The van der Waals surface area contributed by atoms with Crippen molar-refractivity contribution in [2.75, 3.05) is 0 Å². The van der Waals surface area contributed by atoms with Crippen LogP contribution in [0.15, 0.2) is 36.4 Å². The highest BCUT2D eigenvalue weighted by molar-refractivity contribution is 8.93. The van der Waals surface area contributed by atoms with E-state index in [9.17, 15) is 0 Å². The van der Waals surface area contributed by atoms with E-state index in [2.05, 4.69) is 68.8 Å². The van der Waals surface area contributed by atoms with Crippen molar-refractivity contribution in [1.29, 1.82) is 0 Å². The van der Waals surface area contributed by atoms with Crippen molar-refractivity contribution in [3.8, 4) is 11.1 Å². The zero-order chi connectivity index (χ0) is 14.7. The lowest BCUT2D eigenvalue weighted by molar-refractivity contribution is 0.868. The van der Waals surface area contributed by atoms with Crippen LogP contribution in [0.5, 0.6) is 0 Å². The van der Waals surface area contributed by atoms with Gasteiger partial charge in [0, 0.05) is 0 Å². The Morgan fingerprint density at radius 2 is 1.30 bits per heavy atom. The third-order valence-electron chi connectivity index (χ3n) is 4.18. The topological polar surface area (TPSA) is 0 Å². The SMILES string of the molecule is Cc1ccc2c(c1)C(C)(S(=S)(=S)S)c1cc(C)ccc1-2. The molecule has 3 rings (SSSR count). The zero-order valence-corrected chi connectivity index (χ0v) is 15.0. The molecular weight excluding hydrogens is 320 g/mol. The monoisotopic (exact) mass is 336 g/mol. The molecule has 0 aromatic heterocycles. The van der Waals surface area contributed by atoms with Crippen LogP contribution < -0.4 is 0 Å². The Balaban J connectivity index is 2.49.